The number of imide groups is 2. The Hall–Kier alpha value is -3.76. The first-order chi connectivity index (χ1) is 20.3. The molecule has 2 aromatic carbocycles. The van der Waals surface area contributed by atoms with Crippen LogP contribution >= 0.6 is 23.2 Å². The minimum absolute atomic E-state index is 0.0598. The Labute approximate surface area is 255 Å². The third-order valence-corrected chi connectivity index (χ3v) is 10.8. The first-order valence-corrected chi connectivity index (χ1v) is 14.7. The summed E-state index contributed by atoms with van der Waals surface area (Å²) in [5.74, 6) is -8.05. The number of nitrogens with zero attached hydrogens (tertiary/aromatic N) is 2. The fraction of sp³-hybridized carbons (Fsp3) is 0.387. The number of hydrogen-bond acceptors (Lipinski definition) is 6. The third kappa shape index (κ3) is 4.06. The second-order valence-corrected chi connectivity index (χ2v) is 12.8. The van der Waals surface area contributed by atoms with Crippen molar-refractivity contribution in [2.75, 3.05) is 11.4 Å². The van der Waals surface area contributed by atoms with Gasteiger partial charge in [-0.2, -0.15) is 0 Å². The van der Waals surface area contributed by atoms with Crippen LogP contribution in [0.4, 0.5) is 10.1 Å². The van der Waals surface area contributed by atoms with Gasteiger partial charge in [0.1, 0.15) is 11.6 Å². The number of phenols is 1. The van der Waals surface area contributed by atoms with E-state index in [1.807, 2.05) is 0 Å². The largest absolute Gasteiger partial charge is 0.507 e. The molecule has 6 unspecified atom stereocenters. The number of carboxylic acids is 1. The summed E-state index contributed by atoms with van der Waals surface area (Å²) in [6.07, 6.45) is 1.51. The monoisotopic (exact) mass is 628 g/mol. The number of alkyl halides is 2. The van der Waals surface area contributed by atoms with Crippen LogP contribution in [0.15, 0.2) is 54.1 Å². The normalized spacial score (nSPS) is 31.6. The number of hydrogen-bond donors (Lipinski definition) is 2. The van der Waals surface area contributed by atoms with Crippen molar-refractivity contribution in [3.05, 3.63) is 71.1 Å². The van der Waals surface area contributed by atoms with Crippen LogP contribution in [-0.2, 0) is 24.0 Å². The van der Waals surface area contributed by atoms with Gasteiger partial charge in [0, 0.05) is 24.4 Å². The average molecular weight is 629 g/mol. The molecule has 2 aromatic rings. The standard InChI is InChI=1S/C31H27Cl2FN2O7/c1-15-4-2-5-20(25(15)39)24-18-11-12-19-23(27(41)35(26(19)40)13-3-6-22(37)38)21(18)14-30(32)28(42)36(29(43)31(24,30)33)17-9-7-16(34)8-10-17/h2,4-5,7-11,19,21,23-24,39H,3,6,12-14H2,1H3,(H,37,38). The Morgan fingerprint density at radius 3 is 2.40 bits per heavy atom. The first kappa shape index (κ1) is 29.3. The minimum atomic E-state index is -2.15. The number of allylic oxidation sites excluding steroid dienone is 2. The number of amides is 4. The van der Waals surface area contributed by atoms with Gasteiger partial charge in [-0.1, -0.05) is 29.8 Å². The van der Waals surface area contributed by atoms with E-state index < -0.39 is 68.8 Å². The van der Waals surface area contributed by atoms with Crippen LogP contribution in [-0.4, -0.2) is 61.0 Å². The number of likely N-dealkylation sites (tertiary alicyclic amines) is 1. The molecule has 0 spiro atoms. The minimum Gasteiger partial charge on any atom is -0.507 e. The van der Waals surface area contributed by atoms with Crippen molar-refractivity contribution in [2.45, 2.75) is 48.3 Å². The van der Waals surface area contributed by atoms with Crippen molar-refractivity contribution >= 4 is 58.5 Å². The summed E-state index contributed by atoms with van der Waals surface area (Å²) in [4.78, 5) is 64.3. The lowest BCUT2D eigenvalue weighted by Gasteiger charge is -2.50. The van der Waals surface area contributed by atoms with Gasteiger partial charge in [0.05, 0.1) is 17.5 Å². The molecule has 9 nitrogen and oxygen atoms in total. The van der Waals surface area contributed by atoms with E-state index in [4.69, 9.17) is 28.3 Å². The molecule has 2 N–H and O–H groups in total. The van der Waals surface area contributed by atoms with Crippen LogP contribution in [0, 0.1) is 30.5 Å². The van der Waals surface area contributed by atoms with Gasteiger partial charge < -0.3 is 10.2 Å². The zero-order valence-electron chi connectivity index (χ0n) is 22.9. The summed E-state index contributed by atoms with van der Waals surface area (Å²) in [5, 5.41) is 20.3. The van der Waals surface area contributed by atoms with Gasteiger partial charge in [0.2, 0.25) is 11.8 Å². The first-order valence-electron chi connectivity index (χ1n) is 13.9. The number of phenolic OH excluding ortho intramolecular Hbond substituents is 1. The van der Waals surface area contributed by atoms with Crippen LogP contribution in [0.3, 0.4) is 0 Å². The van der Waals surface area contributed by atoms with Crippen molar-refractivity contribution in [3.63, 3.8) is 0 Å². The lowest BCUT2D eigenvalue weighted by Crippen LogP contribution is -2.60. The molecular weight excluding hydrogens is 602 g/mol. The lowest BCUT2D eigenvalue weighted by molar-refractivity contribution is -0.142. The summed E-state index contributed by atoms with van der Waals surface area (Å²) in [6, 6.07) is 9.64. The van der Waals surface area contributed by atoms with Crippen molar-refractivity contribution in [2.24, 2.45) is 17.8 Å². The number of aryl methyl sites for hydroxylation is 1. The molecule has 2 saturated heterocycles. The highest BCUT2D eigenvalue weighted by molar-refractivity contribution is 6.58. The maximum Gasteiger partial charge on any atom is 0.303 e. The van der Waals surface area contributed by atoms with Crippen LogP contribution in [0.2, 0.25) is 0 Å². The highest BCUT2D eigenvalue weighted by Crippen LogP contribution is 2.66. The third-order valence-electron chi connectivity index (χ3n) is 9.34. The van der Waals surface area contributed by atoms with E-state index in [1.165, 1.54) is 12.1 Å². The average Bonchev–Trinajstić information content (AvgIpc) is 3.29. The van der Waals surface area contributed by atoms with E-state index in [-0.39, 0.29) is 49.2 Å². The number of halogens is 3. The van der Waals surface area contributed by atoms with E-state index in [0.29, 0.717) is 11.1 Å². The summed E-state index contributed by atoms with van der Waals surface area (Å²) < 4.78 is 13.8. The molecule has 2 aliphatic heterocycles. The molecular formula is C31H27Cl2FN2O7. The number of fused-ring (bicyclic) bond motifs is 4. The summed E-state index contributed by atoms with van der Waals surface area (Å²) >= 11 is 14.5. The van der Waals surface area contributed by atoms with Crippen LogP contribution in [0.5, 0.6) is 5.75 Å². The van der Waals surface area contributed by atoms with Gasteiger partial charge in [0.15, 0.2) is 9.75 Å². The predicted octanol–water partition coefficient (Wildman–Crippen LogP) is 4.27. The summed E-state index contributed by atoms with van der Waals surface area (Å²) in [7, 11) is 0. The molecule has 3 fully saturated rings. The molecule has 4 amide bonds. The summed E-state index contributed by atoms with van der Waals surface area (Å²) in [5.41, 5.74) is 1.30. The molecule has 2 heterocycles. The molecule has 224 valence electrons. The molecule has 4 aliphatic rings. The smallest absolute Gasteiger partial charge is 0.303 e. The molecule has 2 aliphatic carbocycles. The predicted molar refractivity (Wildman–Crippen MR) is 153 cm³/mol. The SMILES string of the molecule is Cc1cccc(C2C3=CCC4C(=O)N(CCCC(=O)O)C(=O)C4C3CC3(Cl)C(=O)N(c4ccc(F)cc4)C(=O)C23Cl)c1O. The van der Waals surface area contributed by atoms with Gasteiger partial charge in [-0.15, -0.1) is 23.2 Å². The Kier molecular flexibility index (Phi) is 6.93. The highest BCUT2D eigenvalue weighted by Gasteiger charge is 2.76. The fourth-order valence-electron chi connectivity index (χ4n) is 7.33. The molecule has 6 rings (SSSR count). The number of para-hydroxylation sites is 1. The van der Waals surface area contributed by atoms with Crippen LogP contribution < -0.4 is 4.90 Å². The number of rotatable bonds is 6. The van der Waals surface area contributed by atoms with Crippen molar-refractivity contribution in [1.29, 1.82) is 0 Å². The highest BCUT2D eigenvalue weighted by atomic mass is 35.5. The second kappa shape index (κ2) is 10.2. The number of aliphatic carboxylic acids is 1. The Balaban J connectivity index is 1.50. The molecule has 0 bridgehead atoms. The number of anilines is 1. The van der Waals surface area contributed by atoms with Gasteiger partial charge in [0.25, 0.3) is 11.8 Å². The van der Waals surface area contributed by atoms with E-state index >= 15 is 0 Å². The quantitative estimate of drug-likeness (QED) is 0.277. The number of benzene rings is 2. The number of carbonyl (C=O) groups is 5. The van der Waals surface area contributed by atoms with Gasteiger partial charge in [-0.25, -0.2) is 9.29 Å². The van der Waals surface area contributed by atoms with E-state index in [9.17, 15) is 33.5 Å². The maximum absolute atomic E-state index is 14.3. The fourth-order valence-corrected chi connectivity index (χ4v) is 8.26. The van der Waals surface area contributed by atoms with Gasteiger partial charge in [-0.05, 0) is 61.9 Å². The molecule has 0 radical (unpaired) electrons. The van der Waals surface area contributed by atoms with Crippen molar-refractivity contribution in [3.8, 4) is 5.75 Å². The molecule has 6 atom stereocenters. The molecule has 0 aromatic heterocycles. The topological polar surface area (TPSA) is 132 Å². The molecule has 43 heavy (non-hydrogen) atoms. The zero-order valence-corrected chi connectivity index (χ0v) is 24.4. The van der Waals surface area contributed by atoms with Crippen molar-refractivity contribution < 1.29 is 38.6 Å². The van der Waals surface area contributed by atoms with E-state index in [2.05, 4.69) is 0 Å². The Morgan fingerprint density at radius 2 is 1.72 bits per heavy atom. The number of carboxylic acid groups (broad SMARTS) is 1. The van der Waals surface area contributed by atoms with Gasteiger partial charge in [-0.3, -0.25) is 28.9 Å². The number of carbonyl (C=O) groups excluding carboxylic acids is 4. The van der Waals surface area contributed by atoms with Gasteiger partial charge >= 0.3 is 5.97 Å². The molecule has 12 heteroatoms. The zero-order chi connectivity index (χ0) is 31.0. The number of aromatic hydroxyl groups is 1. The molecule has 1 saturated carbocycles. The maximum atomic E-state index is 14.3. The second-order valence-electron chi connectivity index (χ2n) is 11.6. The van der Waals surface area contributed by atoms with Crippen LogP contribution in [0.25, 0.3) is 0 Å². The Bertz CT molecular complexity index is 1630. The van der Waals surface area contributed by atoms with E-state index in [1.54, 1.807) is 31.2 Å². The van der Waals surface area contributed by atoms with Crippen LogP contribution in [0.1, 0.15) is 42.7 Å². The summed E-state index contributed by atoms with van der Waals surface area (Å²) in [6.45, 7) is 1.60. The van der Waals surface area contributed by atoms with E-state index in [0.717, 1.165) is 21.9 Å². The lowest BCUT2D eigenvalue weighted by atomic mass is 9.56. The van der Waals surface area contributed by atoms with Crippen molar-refractivity contribution in [1.82, 2.24) is 4.90 Å². The Morgan fingerprint density at radius 1 is 1.02 bits per heavy atom.